The molecule has 1 saturated heterocycles. The van der Waals surface area contributed by atoms with Crippen LogP contribution >= 0.6 is 27.3 Å². The van der Waals surface area contributed by atoms with Crippen molar-refractivity contribution in [1.82, 2.24) is 19.5 Å². The van der Waals surface area contributed by atoms with E-state index in [2.05, 4.69) is 55.4 Å². The number of anilines is 2. The molecule has 8 nitrogen and oxygen atoms in total. The van der Waals surface area contributed by atoms with Crippen LogP contribution in [0.4, 0.5) is 11.4 Å². The van der Waals surface area contributed by atoms with Crippen molar-refractivity contribution in [2.75, 3.05) is 23.7 Å². The number of pyridine rings is 1. The second-order valence-electron chi connectivity index (χ2n) is 8.04. The highest BCUT2D eigenvalue weighted by atomic mass is 79.9. The van der Waals surface area contributed by atoms with Crippen LogP contribution in [0.25, 0.3) is 4.83 Å². The Morgan fingerprint density at radius 3 is 2.83 bits per heavy atom. The van der Waals surface area contributed by atoms with Gasteiger partial charge in [0, 0.05) is 5.54 Å². The van der Waals surface area contributed by atoms with Gasteiger partial charge in [-0.1, -0.05) is 0 Å². The average Bonchev–Trinajstić information content (AvgIpc) is 3.31. The van der Waals surface area contributed by atoms with Gasteiger partial charge in [-0.2, -0.15) is 5.10 Å². The summed E-state index contributed by atoms with van der Waals surface area (Å²) in [5.41, 5.74) is 2.29. The van der Waals surface area contributed by atoms with Crippen LogP contribution in [0.2, 0.25) is 0 Å². The lowest BCUT2D eigenvalue weighted by Gasteiger charge is -2.30. The molecule has 0 bridgehead atoms. The van der Waals surface area contributed by atoms with Gasteiger partial charge in [-0.25, -0.2) is 4.52 Å². The number of likely N-dealkylation sites (tertiary alicyclic amines) is 1. The molecule has 0 spiro atoms. The maximum atomic E-state index is 12.8. The summed E-state index contributed by atoms with van der Waals surface area (Å²) in [5, 5.41) is 9.99. The Morgan fingerprint density at radius 2 is 2.10 bits per heavy atom. The van der Waals surface area contributed by atoms with E-state index >= 15 is 0 Å². The Labute approximate surface area is 186 Å². The zero-order valence-corrected chi connectivity index (χ0v) is 19.4. The molecule has 3 aromatic rings. The Balaban J connectivity index is 1.46. The van der Waals surface area contributed by atoms with Crippen molar-refractivity contribution < 1.29 is 9.59 Å². The highest BCUT2D eigenvalue weighted by molar-refractivity contribution is 9.11. The summed E-state index contributed by atoms with van der Waals surface area (Å²) in [6, 6.07) is 1.73. The number of aromatic nitrogens is 3. The largest absolute Gasteiger partial charge is 0.324 e. The van der Waals surface area contributed by atoms with Gasteiger partial charge in [-0.05, 0) is 62.2 Å². The van der Waals surface area contributed by atoms with Crippen molar-refractivity contribution in [1.29, 1.82) is 0 Å². The number of amides is 2. The summed E-state index contributed by atoms with van der Waals surface area (Å²) in [5.74, 6) is -0.360. The molecule has 0 atom stereocenters. The smallest absolute Gasteiger partial charge is 0.260 e. The molecule has 2 amide bonds. The molecule has 2 N–H and O–H groups in total. The van der Waals surface area contributed by atoms with Gasteiger partial charge in [0.15, 0.2) is 0 Å². The average molecular weight is 491 g/mol. The molecule has 0 unspecified atom stereocenters. The summed E-state index contributed by atoms with van der Waals surface area (Å²) < 4.78 is 2.55. The van der Waals surface area contributed by atoms with E-state index in [-0.39, 0.29) is 17.4 Å². The van der Waals surface area contributed by atoms with Crippen molar-refractivity contribution >= 4 is 55.3 Å². The molecule has 0 aliphatic carbocycles. The molecule has 158 valence electrons. The normalized spacial score (nSPS) is 16.1. The second-order valence-corrected chi connectivity index (χ2v) is 10.4. The van der Waals surface area contributed by atoms with Crippen molar-refractivity contribution in [2.45, 2.75) is 39.2 Å². The zero-order valence-electron chi connectivity index (χ0n) is 17.0. The van der Waals surface area contributed by atoms with Crippen molar-refractivity contribution in [2.24, 2.45) is 0 Å². The molecule has 1 fully saturated rings. The Morgan fingerprint density at radius 1 is 1.30 bits per heavy atom. The Hall–Kier alpha value is -2.30. The molecular weight excluding hydrogens is 468 g/mol. The minimum absolute atomic E-state index is 0.0374. The van der Waals surface area contributed by atoms with Crippen LogP contribution in [0, 0.1) is 6.92 Å². The van der Waals surface area contributed by atoms with Crippen molar-refractivity contribution in [3.8, 4) is 0 Å². The summed E-state index contributed by atoms with van der Waals surface area (Å²) in [7, 11) is 0. The fourth-order valence-electron chi connectivity index (χ4n) is 3.66. The number of hydrogen-bond acceptors (Lipinski definition) is 6. The highest BCUT2D eigenvalue weighted by Gasteiger charge is 2.32. The first-order chi connectivity index (χ1) is 14.2. The third-order valence-corrected chi connectivity index (χ3v) is 7.03. The second kappa shape index (κ2) is 8.09. The summed E-state index contributed by atoms with van der Waals surface area (Å²) >= 11 is 4.84. The number of nitrogens with one attached hydrogen (secondary N) is 2. The fourth-order valence-corrected chi connectivity index (χ4v) is 5.10. The molecule has 1 aliphatic heterocycles. The number of thiazole rings is 1. The molecule has 3 aromatic heterocycles. The van der Waals surface area contributed by atoms with Crippen LogP contribution in [0.3, 0.4) is 0 Å². The monoisotopic (exact) mass is 490 g/mol. The molecule has 0 saturated carbocycles. The number of nitrogens with zero attached hydrogens (tertiary/aromatic N) is 4. The SMILES string of the molecule is Cc1ncc(NC(=O)CN2CCCC2(C)C)cc1NC(=O)c1cnn2cc(Br)sc12. The van der Waals surface area contributed by atoms with Gasteiger partial charge in [0.1, 0.15) is 4.83 Å². The third kappa shape index (κ3) is 4.26. The Bertz CT molecular complexity index is 1120. The van der Waals surface area contributed by atoms with Crippen LogP contribution in [0.1, 0.15) is 42.7 Å². The minimum atomic E-state index is -0.272. The summed E-state index contributed by atoms with van der Waals surface area (Å²) in [4.78, 5) is 32.6. The molecule has 1 aliphatic rings. The number of hydrogen-bond donors (Lipinski definition) is 2. The van der Waals surface area contributed by atoms with E-state index in [0.29, 0.717) is 29.2 Å². The lowest BCUT2D eigenvalue weighted by Crippen LogP contribution is -2.42. The van der Waals surface area contributed by atoms with Gasteiger partial charge in [-0.3, -0.25) is 19.5 Å². The molecular formula is C20H23BrN6O2S. The van der Waals surface area contributed by atoms with Gasteiger partial charge in [0.2, 0.25) is 5.91 Å². The van der Waals surface area contributed by atoms with E-state index in [9.17, 15) is 9.59 Å². The van der Waals surface area contributed by atoms with Gasteiger partial charge in [0.05, 0.1) is 51.6 Å². The first-order valence-corrected chi connectivity index (χ1v) is 11.3. The first kappa shape index (κ1) is 21.0. The molecule has 30 heavy (non-hydrogen) atoms. The predicted octanol–water partition coefficient (Wildman–Crippen LogP) is 3.93. The van der Waals surface area contributed by atoms with E-state index < -0.39 is 0 Å². The zero-order chi connectivity index (χ0) is 21.5. The molecule has 4 heterocycles. The minimum Gasteiger partial charge on any atom is -0.324 e. The maximum Gasteiger partial charge on any atom is 0.260 e. The van der Waals surface area contributed by atoms with Crippen LogP contribution in [-0.4, -0.2) is 49.9 Å². The molecule has 0 radical (unpaired) electrons. The quantitative estimate of drug-likeness (QED) is 0.565. The number of rotatable bonds is 5. The van der Waals surface area contributed by atoms with Gasteiger partial charge in [-0.15, -0.1) is 11.3 Å². The van der Waals surface area contributed by atoms with Crippen molar-refractivity contribution in [3.05, 3.63) is 39.7 Å². The highest BCUT2D eigenvalue weighted by Crippen LogP contribution is 2.28. The van der Waals surface area contributed by atoms with Gasteiger partial charge >= 0.3 is 0 Å². The standard InChI is InChI=1S/C20H23BrN6O2S/c1-12-15(25-18(29)14-9-23-27-10-16(21)30-19(14)27)7-13(8-22-12)24-17(28)11-26-6-4-5-20(26,2)3/h7-10H,4-6,11H2,1-3H3,(H,24,28)(H,25,29). The number of fused-ring (bicyclic) bond motifs is 1. The lowest BCUT2D eigenvalue weighted by atomic mass is 10.0. The van der Waals surface area contributed by atoms with Crippen molar-refractivity contribution in [3.63, 3.8) is 0 Å². The topological polar surface area (TPSA) is 91.6 Å². The lowest BCUT2D eigenvalue weighted by molar-refractivity contribution is -0.118. The number of aryl methyl sites for hydroxylation is 1. The predicted molar refractivity (Wildman–Crippen MR) is 121 cm³/mol. The van der Waals surface area contributed by atoms with E-state index in [4.69, 9.17) is 0 Å². The van der Waals surface area contributed by atoms with Crippen LogP contribution in [0.15, 0.2) is 28.4 Å². The van der Waals surface area contributed by atoms with E-state index in [1.807, 2.05) is 6.92 Å². The number of carbonyl (C=O) groups is 2. The van der Waals surface area contributed by atoms with Gasteiger partial charge in [0.25, 0.3) is 5.91 Å². The van der Waals surface area contributed by atoms with Crippen LogP contribution in [0.5, 0.6) is 0 Å². The molecule has 0 aromatic carbocycles. The van der Waals surface area contributed by atoms with E-state index in [0.717, 1.165) is 28.0 Å². The molecule has 10 heteroatoms. The van der Waals surface area contributed by atoms with Crippen LogP contribution in [-0.2, 0) is 4.79 Å². The summed E-state index contributed by atoms with van der Waals surface area (Å²) in [6.45, 7) is 7.39. The van der Waals surface area contributed by atoms with E-state index in [1.165, 1.54) is 11.3 Å². The maximum absolute atomic E-state index is 12.8. The summed E-state index contributed by atoms with van der Waals surface area (Å²) in [6.07, 6.45) is 7.14. The fraction of sp³-hybridized carbons (Fsp3) is 0.400. The first-order valence-electron chi connectivity index (χ1n) is 9.68. The third-order valence-electron chi connectivity index (χ3n) is 5.44. The van der Waals surface area contributed by atoms with Crippen LogP contribution < -0.4 is 10.6 Å². The van der Waals surface area contributed by atoms with Gasteiger partial charge < -0.3 is 10.6 Å². The molecule has 4 rings (SSSR count). The number of carbonyl (C=O) groups excluding carboxylic acids is 2. The number of halogens is 1. The van der Waals surface area contributed by atoms with E-state index in [1.54, 1.807) is 29.2 Å². The Kier molecular flexibility index (Phi) is 5.65.